The molecule has 4 aromatic heterocycles. The zero-order valence-corrected chi connectivity index (χ0v) is 32.9. The maximum atomic E-state index is 9.11. The molecule has 0 fully saturated rings. The highest BCUT2D eigenvalue weighted by Crippen LogP contribution is 2.27. The smallest absolute Gasteiger partial charge is 0.238 e. The van der Waals surface area contributed by atoms with Gasteiger partial charge in [0.1, 0.15) is 42.4 Å². The lowest BCUT2D eigenvalue weighted by Crippen LogP contribution is -2.33. The number of aromatic amines is 1. The minimum Gasteiger partial charge on any atom is -0.480 e. The molecule has 6 aromatic rings. The van der Waals surface area contributed by atoms with Gasteiger partial charge in [-0.15, -0.1) is 0 Å². The van der Waals surface area contributed by atoms with Crippen molar-refractivity contribution in [2.75, 3.05) is 27.4 Å². The molecule has 16 nitrogen and oxygen atoms in total. The van der Waals surface area contributed by atoms with Crippen molar-refractivity contribution < 1.29 is 19.1 Å². The molecule has 57 heavy (non-hydrogen) atoms. The van der Waals surface area contributed by atoms with E-state index in [1.165, 1.54) is 0 Å². The van der Waals surface area contributed by atoms with Crippen molar-refractivity contribution in [2.45, 2.75) is 25.9 Å². The summed E-state index contributed by atoms with van der Waals surface area (Å²) in [5.41, 5.74) is 12.6. The van der Waals surface area contributed by atoms with Crippen LogP contribution in [0.15, 0.2) is 112 Å². The molecule has 6 heterocycles. The van der Waals surface area contributed by atoms with Crippen molar-refractivity contribution in [3.63, 3.8) is 0 Å². The van der Waals surface area contributed by atoms with Crippen LogP contribution in [0, 0.1) is 36.5 Å². The number of amidine groups is 2. The molecule has 0 saturated heterocycles. The third kappa shape index (κ3) is 10.2. The Morgan fingerprint density at radius 1 is 0.789 bits per heavy atom. The van der Waals surface area contributed by atoms with Gasteiger partial charge in [-0.2, -0.15) is 10.5 Å². The van der Waals surface area contributed by atoms with Crippen LogP contribution in [0.1, 0.15) is 57.1 Å². The van der Waals surface area contributed by atoms with Gasteiger partial charge >= 0.3 is 0 Å². The zero-order chi connectivity index (χ0) is 40.1. The number of aliphatic imine (C=N–C) groups is 2. The lowest BCUT2D eigenvalue weighted by Gasteiger charge is -2.22. The number of H-pyrrole nitrogens is 1. The maximum absolute atomic E-state index is 9.11. The number of nitrogens with zero attached hydrogens (tertiary/aromatic N) is 9. The molecule has 0 bridgehead atoms. The average Bonchev–Trinajstić information content (AvgIpc) is 3.94. The Morgan fingerprint density at radius 3 is 1.84 bits per heavy atom. The summed E-state index contributed by atoms with van der Waals surface area (Å²) in [4.78, 5) is 40.1. The highest BCUT2D eigenvalue weighted by atomic mass is 79.9. The lowest BCUT2D eigenvalue weighted by molar-refractivity contribution is 0.0620. The van der Waals surface area contributed by atoms with Gasteiger partial charge < -0.3 is 19.0 Å². The van der Waals surface area contributed by atoms with Crippen LogP contribution in [0.5, 0.6) is 11.8 Å². The fraction of sp³-hybridized carbons (Fsp3) is 0.200. The summed E-state index contributed by atoms with van der Waals surface area (Å²) in [7, 11) is 3.13. The van der Waals surface area contributed by atoms with E-state index in [-0.39, 0.29) is 12.1 Å². The molecule has 17 heteroatoms. The largest absolute Gasteiger partial charge is 0.480 e. The number of hydroxylamine groups is 2. The third-order valence-corrected chi connectivity index (χ3v) is 8.95. The number of pyridine rings is 2. The number of benzene rings is 2. The van der Waals surface area contributed by atoms with Crippen molar-refractivity contribution in [2.24, 2.45) is 9.98 Å². The van der Waals surface area contributed by atoms with E-state index in [2.05, 4.69) is 68.9 Å². The van der Waals surface area contributed by atoms with Gasteiger partial charge in [-0.1, -0.05) is 24.3 Å². The van der Waals surface area contributed by atoms with Crippen molar-refractivity contribution in [1.29, 1.82) is 10.5 Å². The summed E-state index contributed by atoms with van der Waals surface area (Å²) in [5, 5.41) is 18.1. The molecule has 8 rings (SSSR count). The first-order valence-electron chi connectivity index (χ1n) is 17.4. The van der Waals surface area contributed by atoms with E-state index in [0.29, 0.717) is 59.2 Å². The Bertz CT molecular complexity index is 2450. The van der Waals surface area contributed by atoms with Crippen LogP contribution in [-0.2, 0) is 9.68 Å². The SMILES string of the molecule is COc1nc(C2=NC(c3cccc(C#N)c3)CON2)ccc1-n1cnc(C)c1.COc1nc(C2=NC(c3cccc(C#N)c3)CON2)ccc1Br.Cc1cnc[nH]1. The van der Waals surface area contributed by atoms with E-state index in [1.54, 1.807) is 45.2 Å². The van der Waals surface area contributed by atoms with E-state index in [9.17, 15) is 0 Å². The highest BCUT2D eigenvalue weighted by Gasteiger charge is 2.22. The highest BCUT2D eigenvalue weighted by molar-refractivity contribution is 9.10. The Morgan fingerprint density at radius 2 is 1.37 bits per heavy atom. The molecule has 0 radical (unpaired) electrons. The zero-order valence-electron chi connectivity index (χ0n) is 31.3. The quantitative estimate of drug-likeness (QED) is 0.171. The second-order valence-electron chi connectivity index (χ2n) is 12.4. The molecule has 0 aliphatic carbocycles. The molecular weight excluding hydrogens is 792 g/mol. The summed E-state index contributed by atoms with van der Waals surface area (Å²) in [6, 6.07) is 25.9. The number of methoxy groups -OCH3 is 2. The molecule has 288 valence electrons. The molecule has 0 amide bonds. The fourth-order valence-corrected chi connectivity index (χ4v) is 5.90. The number of rotatable bonds is 7. The van der Waals surface area contributed by atoms with Crippen molar-refractivity contribution in [1.82, 2.24) is 40.4 Å². The molecular formula is C40H37BrN12O4. The Hall–Kier alpha value is -6.92. The first-order chi connectivity index (χ1) is 27.8. The van der Waals surface area contributed by atoms with Gasteiger partial charge in [0, 0.05) is 18.1 Å². The summed E-state index contributed by atoms with van der Waals surface area (Å²) >= 11 is 3.37. The molecule has 2 atom stereocenters. The van der Waals surface area contributed by atoms with Gasteiger partial charge in [-0.05, 0) is 89.4 Å². The molecule has 2 aliphatic heterocycles. The Kier molecular flexibility index (Phi) is 13.3. The van der Waals surface area contributed by atoms with E-state index in [1.807, 2.05) is 85.3 Å². The summed E-state index contributed by atoms with van der Waals surface area (Å²) < 4.78 is 13.3. The number of nitrogens with one attached hydrogen (secondary N) is 3. The van der Waals surface area contributed by atoms with Crippen LogP contribution in [0.4, 0.5) is 0 Å². The van der Waals surface area contributed by atoms with Crippen molar-refractivity contribution >= 4 is 27.6 Å². The number of nitriles is 2. The number of ether oxygens (including phenoxy) is 2. The van der Waals surface area contributed by atoms with E-state index in [0.717, 1.165) is 32.7 Å². The molecule has 0 spiro atoms. The first kappa shape index (κ1) is 39.8. The number of aromatic nitrogens is 6. The van der Waals surface area contributed by atoms with Crippen molar-refractivity contribution in [3.05, 3.63) is 147 Å². The summed E-state index contributed by atoms with van der Waals surface area (Å²) in [6.07, 6.45) is 7.05. The van der Waals surface area contributed by atoms with Crippen LogP contribution in [0.3, 0.4) is 0 Å². The monoisotopic (exact) mass is 828 g/mol. The lowest BCUT2D eigenvalue weighted by atomic mass is 10.1. The maximum Gasteiger partial charge on any atom is 0.238 e. The van der Waals surface area contributed by atoms with Gasteiger partial charge in [0.2, 0.25) is 11.8 Å². The van der Waals surface area contributed by atoms with Gasteiger partial charge in [0.05, 0.1) is 60.3 Å². The van der Waals surface area contributed by atoms with E-state index >= 15 is 0 Å². The van der Waals surface area contributed by atoms with Crippen molar-refractivity contribution in [3.8, 4) is 29.6 Å². The normalized spacial score (nSPS) is 15.6. The second-order valence-corrected chi connectivity index (χ2v) is 13.2. The Labute approximate surface area is 337 Å². The number of hydrogen-bond donors (Lipinski definition) is 3. The minimum absolute atomic E-state index is 0.198. The number of imidazole rings is 2. The van der Waals surface area contributed by atoms with Crippen LogP contribution in [0.2, 0.25) is 0 Å². The van der Waals surface area contributed by atoms with Gasteiger partial charge in [0.15, 0.2) is 11.7 Å². The standard InChI is InChI=1S/C20H18N6O2.C16H13BrN4O2.C4H6N2/c1-13-10-26(12-22-13)18-7-6-16(24-20(18)27-2)19-23-17(11-28-25-19)15-5-3-4-14(8-15)9-21;1-22-16-12(17)5-6-13(20-16)15-19-14(9-23-21-15)11-4-2-3-10(7-11)8-18;1-4-2-5-3-6-4/h3-8,10,12,17H,11H2,1-2H3,(H,23,25);2-7,14H,9H2,1H3,(H,19,21);2-3H,1H3,(H,5,6). The second kappa shape index (κ2) is 19.1. The fourth-order valence-electron chi connectivity index (χ4n) is 5.51. The molecule has 2 unspecified atom stereocenters. The summed E-state index contributed by atoms with van der Waals surface area (Å²) in [5.74, 6) is 1.95. The molecule has 2 aliphatic rings. The van der Waals surface area contributed by atoms with Crippen LogP contribution in [0.25, 0.3) is 5.69 Å². The predicted octanol–water partition coefficient (Wildman–Crippen LogP) is 5.94. The molecule has 2 aromatic carbocycles. The molecule has 3 N–H and O–H groups in total. The Balaban J connectivity index is 0.000000170. The number of hydrogen-bond acceptors (Lipinski definition) is 14. The number of aryl methyl sites for hydroxylation is 2. The van der Waals surface area contributed by atoms with Gasteiger partial charge in [-0.3, -0.25) is 19.7 Å². The van der Waals surface area contributed by atoms with Crippen LogP contribution < -0.4 is 20.4 Å². The predicted molar refractivity (Wildman–Crippen MR) is 214 cm³/mol. The number of halogens is 1. The van der Waals surface area contributed by atoms with Gasteiger partial charge in [0.25, 0.3) is 0 Å². The van der Waals surface area contributed by atoms with Crippen LogP contribution >= 0.6 is 15.9 Å². The minimum atomic E-state index is -0.228. The molecule has 0 saturated carbocycles. The summed E-state index contributed by atoms with van der Waals surface area (Å²) in [6.45, 7) is 4.63. The van der Waals surface area contributed by atoms with Gasteiger partial charge in [-0.25, -0.2) is 30.9 Å². The third-order valence-electron chi connectivity index (χ3n) is 8.34. The van der Waals surface area contributed by atoms with Crippen LogP contribution in [-0.4, -0.2) is 68.6 Å². The van der Waals surface area contributed by atoms with E-state index < -0.39 is 0 Å². The van der Waals surface area contributed by atoms with E-state index in [4.69, 9.17) is 34.7 Å². The average molecular weight is 830 g/mol. The topological polar surface area (TPSA) is 206 Å². The first-order valence-corrected chi connectivity index (χ1v) is 18.2.